The van der Waals surface area contributed by atoms with Crippen molar-refractivity contribution < 1.29 is 15.0 Å². The largest absolute Gasteiger partial charge is 0.504 e. The summed E-state index contributed by atoms with van der Waals surface area (Å²) in [5.74, 6) is -0.148. The number of carbonyl (C=O) groups is 1. The smallest absolute Gasteiger partial charge is 0.227 e. The number of hydrogen-bond donors (Lipinski definition) is 2. The van der Waals surface area contributed by atoms with Crippen molar-refractivity contribution in [2.75, 3.05) is 6.61 Å². The molecule has 0 amide bonds. The second-order valence-electron chi connectivity index (χ2n) is 5.55. The molecule has 98 valence electrons. The van der Waals surface area contributed by atoms with Crippen LogP contribution in [0.3, 0.4) is 0 Å². The third-order valence-electron chi connectivity index (χ3n) is 4.50. The first kappa shape index (κ1) is 13.1. The lowest BCUT2D eigenvalue weighted by Gasteiger charge is -2.42. The van der Waals surface area contributed by atoms with Gasteiger partial charge < -0.3 is 10.2 Å². The van der Waals surface area contributed by atoms with E-state index in [0.29, 0.717) is 17.1 Å². The zero-order chi connectivity index (χ0) is 13.5. The predicted molar refractivity (Wildman–Crippen MR) is 70.1 cm³/mol. The van der Waals surface area contributed by atoms with Crippen LogP contribution in [0.5, 0.6) is 0 Å². The number of ketones is 1. The van der Waals surface area contributed by atoms with E-state index in [0.717, 1.165) is 24.8 Å². The molecule has 0 spiro atoms. The van der Waals surface area contributed by atoms with Gasteiger partial charge in [-0.3, -0.25) is 4.79 Å². The van der Waals surface area contributed by atoms with Gasteiger partial charge >= 0.3 is 0 Å². The van der Waals surface area contributed by atoms with Crippen LogP contribution >= 0.6 is 0 Å². The van der Waals surface area contributed by atoms with E-state index in [1.807, 2.05) is 6.08 Å². The molecule has 3 nitrogen and oxygen atoms in total. The quantitative estimate of drug-likeness (QED) is 0.790. The Balaban J connectivity index is 2.54. The molecule has 18 heavy (non-hydrogen) atoms. The minimum absolute atomic E-state index is 0.129. The van der Waals surface area contributed by atoms with E-state index in [4.69, 9.17) is 5.11 Å². The lowest BCUT2D eigenvalue weighted by Crippen LogP contribution is -2.36. The van der Waals surface area contributed by atoms with Crippen LogP contribution in [0.2, 0.25) is 0 Å². The van der Waals surface area contributed by atoms with Gasteiger partial charge in [0.1, 0.15) is 0 Å². The number of aliphatic hydroxyl groups excluding tert-OH is 2. The Bertz CT molecular complexity index is 470. The fourth-order valence-corrected chi connectivity index (χ4v) is 3.03. The number of rotatable bonds is 2. The van der Waals surface area contributed by atoms with E-state index in [2.05, 4.69) is 20.4 Å². The molecular formula is C15H20O3. The van der Waals surface area contributed by atoms with Crippen molar-refractivity contribution in [3.8, 4) is 0 Å². The monoisotopic (exact) mass is 248 g/mol. The van der Waals surface area contributed by atoms with Crippen molar-refractivity contribution in [3.05, 3.63) is 35.1 Å². The van der Waals surface area contributed by atoms with Crippen molar-refractivity contribution in [3.63, 3.8) is 0 Å². The molecule has 2 aliphatic carbocycles. The summed E-state index contributed by atoms with van der Waals surface area (Å²) >= 11 is 0. The van der Waals surface area contributed by atoms with Crippen molar-refractivity contribution >= 4 is 5.78 Å². The normalized spacial score (nSPS) is 32.1. The molecule has 0 aromatic heterocycles. The van der Waals surface area contributed by atoms with E-state index in [1.54, 1.807) is 0 Å². The number of Topliss-reactive ketones (excluding diaryl/α,β-unsaturated/α-hetero) is 1. The van der Waals surface area contributed by atoms with E-state index in [1.165, 1.54) is 0 Å². The standard InChI is InChI=1S/C15H20O3/c1-9(8-16)11-7-15(3)10(2)5-4-6-12(15)14(18)13(11)17/h7,10,16,18H,1,4-6,8H2,2-3H3/t10-,15+/m0/s1. The first-order valence-corrected chi connectivity index (χ1v) is 6.41. The van der Waals surface area contributed by atoms with Crippen LogP contribution in [0.4, 0.5) is 0 Å². The second-order valence-corrected chi connectivity index (χ2v) is 5.55. The van der Waals surface area contributed by atoms with Gasteiger partial charge in [-0.1, -0.05) is 26.5 Å². The highest BCUT2D eigenvalue weighted by atomic mass is 16.3. The molecule has 1 saturated carbocycles. The molecule has 0 aromatic rings. The molecule has 0 bridgehead atoms. The van der Waals surface area contributed by atoms with Crippen LogP contribution in [0, 0.1) is 11.3 Å². The molecule has 0 saturated heterocycles. The number of aliphatic hydroxyl groups is 2. The Morgan fingerprint density at radius 2 is 2.28 bits per heavy atom. The van der Waals surface area contributed by atoms with Gasteiger partial charge in [-0.25, -0.2) is 0 Å². The summed E-state index contributed by atoms with van der Waals surface area (Å²) in [6.45, 7) is 7.64. The number of allylic oxidation sites excluding steroid dienone is 3. The van der Waals surface area contributed by atoms with Crippen molar-refractivity contribution in [1.82, 2.24) is 0 Å². The lowest BCUT2D eigenvalue weighted by atomic mass is 9.61. The summed E-state index contributed by atoms with van der Waals surface area (Å²) in [6.07, 6.45) is 4.75. The highest BCUT2D eigenvalue weighted by Crippen LogP contribution is 2.50. The Hall–Kier alpha value is -1.35. The molecule has 0 heterocycles. The molecule has 2 rings (SSSR count). The van der Waals surface area contributed by atoms with E-state index in [9.17, 15) is 9.90 Å². The minimum Gasteiger partial charge on any atom is -0.504 e. The Morgan fingerprint density at radius 3 is 2.89 bits per heavy atom. The average molecular weight is 248 g/mol. The molecule has 0 unspecified atom stereocenters. The molecule has 0 aromatic carbocycles. The van der Waals surface area contributed by atoms with Gasteiger partial charge in [0, 0.05) is 11.0 Å². The van der Waals surface area contributed by atoms with Gasteiger partial charge in [-0.15, -0.1) is 0 Å². The Labute approximate surface area is 108 Å². The molecule has 2 N–H and O–H groups in total. The summed E-state index contributed by atoms with van der Waals surface area (Å²) < 4.78 is 0. The maximum Gasteiger partial charge on any atom is 0.227 e. The van der Waals surface area contributed by atoms with Gasteiger partial charge in [-0.05, 0) is 36.3 Å². The Kier molecular flexibility index (Phi) is 3.20. The second kappa shape index (κ2) is 4.39. The van der Waals surface area contributed by atoms with E-state index < -0.39 is 5.78 Å². The average Bonchev–Trinajstić information content (AvgIpc) is 2.35. The van der Waals surface area contributed by atoms with E-state index in [-0.39, 0.29) is 17.8 Å². The predicted octanol–water partition coefficient (Wildman–Crippen LogP) is 2.68. The number of carbonyl (C=O) groups excluding carboxylic acids is 1. The third kappa shape index (κ3) is 1.74. The van der Waals surface area contributed by atoms with Crippen LogP contribution in [-0.4, -0.2) is 22.6 Å². The third-order valence-corrected chi connectivity index (χ3v) is 4.50. The molecule has 0 radical (unpaired) electrons. The van der Waals surface area contributed by atoms with Crippen molar-refractivity contribution in [1.29, 1.82) is 0 Å². The van der Waals surface area contributed by atoms with Crippen LogP contribution in [0.25, 0.3) is 0 Å². The van der Waals surface area contributed by atoms with Gasteiger partial charge in [0.2, 0.25) is 5.78 Å². The highest BCUT2D eigenvalue weighted by molar-refractivity contribution is 6.11. The van der Waals surface area contributed by atoms with Crippen molar-refractivity contribution in [2.24, 2.45) is 11.3 Å². The molecule has 2 aliphatic rings. The van der Waals surface area contributed by atoms with Crippen LogP contribution in [-0.2, 0) is 4.79 Å². The first-order chi connectivity index (χ1) is 8.41. The summed E-state index contributed by atoms with van der Waals surface area (Å²) in [6, 6.07) is 0. The maximum atomic E-state index is 12.1. The zero-order valence-corrected chi connectivity index (χ0v) is 11.0. The summed E-state index contributed by atoms with van der Waals surface area (Å²) in [4.78, 5) is 12.1. The van der Waals surface area contributed by atoms with Crippen LogP contribution in [0.1, 0.15) is 33.1 Å². The SMILES string of the molecule is C=C(CO)C1=C[C@@]2(C)C(=C(O)C1=O)CCC[C@@H]2C. The minimum atomic E-state index is -0.393. The Morgan fingerprint density at radius 1 is 1.61 bits per heavy atom. The topological polar surface area (TPSA) is 57.5 Å². The number of fused-ring (bicyclic) bond motifs is 1. The highest BCUT2D eigenvalue weighted by Gasteiger charge is 2.43. The molecule has 2 atom stereocenters. The summed E-state index contributed by atoms with van der Waals surface area (Å²) in [5, 5.41) is 19.3. The first-order valence-electron chi connectivity index (χ1n) is 6.41. The fraction of sp³-hybridized carbons (Fsp3) is 0.533. The van der Waals surface area contributed by atoms with Gasteiger partial charge in [0.05, 0.1) is 6.61 Å². The van der Waals surface area contributed by atoms with Gasteiger partial charge in [0.15, 0.2) is 5.76 Å². The fourth-order valence-electron chi connectivity index (χ4n) is 3.03. The summed E-state index contributed by atoms with van der Waals surface area (Å²) in [5.41, 5.74) is 1.31. The lowest BCUT2D eigenvalue weighted by molar-refractivity contribution is -0.115. The summed E-state index contributed by atoms with van der Waals surface area (Å²) in [7, 11) is 0. The molecule has 1 fully saturated rings. The molecule has 0 aliphatic heterocycles. The maximum absolute atomic E-state index is 12.1. The zero-order valence-electron chi connectivity index (χ0n) is 11.0. The molecular weight excluding hydrogens is 228 g/mol. The molecule has 3 heteroatoms. The number of hydrogen-bond acceptors (Lipinski definition) is 3. The van der Waals surface area contributed by atoms with Gasteiger partial charge in [-0.2, -0.15) is 0 Å². The van der Waals surface area contributed by atoms with Crippen LogP contribution < -0.4 is 0 Å². The van der Waals surface area contributed by atoms with Crippen molar-refractivity contribution in [2.45, 2.75) is 33.1 Å². The van der Waals surface area contributed by atoms with E-state index >= 15 is 0 Å². The van der Waals surface area contributed by atoms with Gasteiger partial charge in [0.25, 0.3) is 0 Å². The van der Waals surface area contributed by atoms with Crippen LogP contribution in [0.15, 0.2) is 35.1 Å².